The minimum Gasteiger partial charge on any atom is -0.294 e. The van der Waals surface area contributed by atoms with Crippen LogP contribution in [-0.4, -0.2) is 71.0 Å². The van der Waals surface area contributed by atoms with Crippen molar-refractivity contribution in [2.75, 3.05) is 0 Å². The van der Waals surface area contributed by atoms with Crippen LogP contribution < -0.4 is 0 Å². The van der Waals surface area contributed by atoms with Gasteiger partial charge in [0.15, 0.2) is 23.1 Å². The first-order valence-corrected chi connectivity index (χ1v) is 22.0. The Balaban J connectivity index is 0.000000221. The van der Waals surface area contributed by atoms with E-state index in [1.165, 1.54) is 48.5 Å². The number of benzene rings is 8. The molecule has 21 heteroatoms. The number of carbonyl (C=O) groups excluding carboxylic acids is 8. The van der Waals surface area contributed by atoms with E-state index in [4.69, 9.17) is 0 Å². The van der Waals surface area contributed by atoms with Crippen LogP contribution in [0, 0.1) is 49.4 Å². The third-order valence-electron chi connectivity index (χ3n) is 10.8. The first kappa shape index (κ1) is 62.4. The van der Waals surface area contributed by atoms with Gasteiger partial charge in [-0.15, -0.1) is 0 Å². The molecule has 0 aliphatic carbocycles. The molecule has 1 radical (unpaired) electrons. The van der Waals surface area contributed by atoms with Gasteiger partial charge in [0.1, 0.15) is 0 Å². The summed E-state index contributed by atoms with van der Waals surface area (Å²) in [5.74, 6) is -11.4. The van der Waals surface area contributed by atoms with Gasteiger partial charge in [0.25, 0.3) is 0 Å². The fraction of sp³-hybridized carbons (Fsp3) is 0.143. The van der Waals surface area contributed by atoms with Crippen molar-refractivity contribution in [3.05, 3.63) is 192 Å². The van der Waals surface area contributed by atoms with E-state index in [0.717, 1.165) is 43.1 Å². The maximum absolute atomic E-state index is 12.1. The van der Waals surface area contributed by atoms with E-state index in [-0.39, 0.29) is 71.6 Å². The summed E-state index contributed by atoms with van der Waals surface area (Å²) in [5.41, 5.74) is 0.431. The number of alkyl halides is 12. The second-order valence-corrected chi connectivity index (χ2v) is 16.3. The molecule has 8 aromatic rings. The number of rotatable bonds is 12. The molecule has 0 unspecified atom stereocenters. The zero-order chi connectivity index (χ0) is 56.2. The molecule has 8 aromatic carbocycles. The van der Waals surface area contributed by atoms with Crippen molar-refractivity contribution in [3.8, 4) is 0 Å². The minimum atomic E-state index is -4.97. The maximum atomic E-state index is 12.1. The molecular weight excluding hydrogens is 1180 g/mol. The SMILES string of the molecule is O=C(CC(=O)C(F)(F)F)c1ccc2ccccc2c1.O=C(CC(=O)C(F)(F)F)c1ccc2ccccc2c1.O=C(CC(=O)C(F)(F)F)c1ccc2ccccc2c1.O=C(CC(=O)C(F)(F)F)c1ccc2ccccc2c1.[Eu]. The Bertz CT molecular complexity index is 3050. The molecule has 0 spiro atoms. The summed E-state index contributed by atoms with van der Waals surface area (Å²) in [6, 6.07) is 46.8. The third kappa shape index (κ3) is 18.6. The topological polar surface area (TPSA) is 137 Å². The van der Waals surface area contributed by atoms with Gasteiger partial charge in [0, 0.05) is 71.6 Å². The van der Waals surface area contributed by atoms with Crippen LogP contribution in [0.2, 0.25) is 0 Å². The Morgan fingerprint density at radius 1 is 0.247 bits per heavy atom. The molecule has 399 valence electrons. The largest absolute Gasteiger partial charge is 0.450 e. The summed E-state index contributed by atoms with van der Waals surface area (Å²) in [4.78, 5) is 89.6. The molecule has 8 rings (SSSR count). The molecule has 0 N–H and O–H groups in total. The van der Waals surface area contributed by atoms with E-state index in [9.17, 15) is 91.0 Å². The maximum Gasteiger partial charge on any atom is 0.450 e. The molecule has 0 heterocycles. The number of carbonyl (C=O) groups is 8. The normalized spacial score (nSPS) is 11.4. The monoisotopic (exact) mass is 1220 g/mol. The van der Waals surface area contributed by atoms with E-state index >= 15 is 0 Å². The summed E-state index contributed by atoms with van der Waals surface area (Å²) in [6.07, 6.45) is -24.5. The van der Waals surface area contributed by atoms with Crippen molar-refractivity contribution < 1.29 is 140 Å². The average molecular weight is 1220 g/mol. The summed E-state index contributed by atoms with van der Waals surface area (Å²) in [5, 5.41) is 6.48. The predicted octanol–water partition coefficient (Wildman–Crippen LogP) is 14.2. The van der Waals surface area contributed by atoms with Crippen LogP contribution >= 0.6 is 0 Å². The average Bonchev–Trinajstić information content (AvgIpc) is 3.37. The summed E-state index contributed by atoms with van der Waals surface area (Å²) >= 11 is 0. The van der Waals surface area contributed by atoms with Crippen LogP contribution in [0.25, 0.3) is 43.1 Å². The molecule has 0 fully saturated rings. The van der Waals surface area contributed by atoms with Crippen LogP contribution in [0.5, 0.6) is 0 Å². The summed E-state index contributed by atoms with van der Waals surface area (Å²) in [7, 11) is 0. The summed E-state index contributed by atoms with van der Waals surface area (Å²) < 4.78 is 145. The molecule has 0 saturated carbocycles. The Hall–Kier alpha value is -7.10. The fourth-order valence-electron chi connectivity index (χ4n) is 6.84. The number of fused-ring (bicyclic) bond motifs is 4. The fourth-order valence-corrected chi connectivity index (χ4v) is 6.84. The Labute approximate surface area is 469 Å². The smallest absolute Gasteiger partial charge is 0.294 e. The van der Waals surface area contributed by atoms with Gasteiger partial charge in [-0.3, -0.25) is 38.4 Å². The van der Waals surface area contributed by atoms with Gasteiger partial charge in [-0.1, -0.05) is 146 Å². The molecule has 0 saturated heterocycles. The molecule has 8 nitrogen and oxygen atoms in total. The molecule has 0 bridgehead atoms. The molecule has 0 aliphatic rings. The molecule has 77 heavy (non-hydrogen) atoms. The second-order valence-electron chi connectivity index (χ2n) is 16.3. The van der Waals surface area contributed by atoms with Crippen LogP contribution in [0.1, 0.15) is 67.1 Å². The number of hydrogen-bond donors (Lipinski definition) is 0. The third-order valence-corrected chi connectivity index (χ3v) is 10.8. The predicted molar refractivity (Wildman–Crippen MR) is 256 cm³/mol. The van der Waals surface area contributed by atoms with E-state index in [1.807, 2.05) is 48.5 Å². The Morgan fingerprint density at radius 3 is 0.558 bits per heavy atom. The van der Waals surface area contributed by atoms with Crippen molar-refractivity contribution in [1.82, 2.24) is 0 Å². The minimum absolute atomic E-state index is 0. The van der Waals surface area contributed by atoms with Crippen molar-refractivity contribution in [2.24, 2.45) is 0 Å². The van der Waals surface area contributed by atoms with Gasteiger partial charge < -0.3 is 0 Å². The van der Waals surface area contributed by atoms with Crippen molar-refractivity contribution in [3.63, 3.8) is 0 Å². The van der Waals surface area contributed by atoms with Crippen LogP contribution in [0.3, 0.4) is 0 Å². The number of ketones is 8. The van der Waals surface area contributed by atoms with Crippen molar-refractivity contribution in [2.45, 2.75) is 50.4 Å². The molecule has 0 aliphatic heterocycles. The summed E-state index contributed by atoms with van der Waals surface area (Å²) in [6.45, 7) is 0. The van der Waals surface area contributed by atoms with Crippen molar-refractivity contribution in [1.29, 1.82) is 0 Å². The number of Topliss-reactive ketones (excluding diaryl/α,β-unsaturated/α-hetero) is 8. The quantitative estimate of drug-likeness (QED) is 0.0670. The van der Waals surface area contributed by atoms with Gasteiger partial charge in [-0.25, -0.2) is 0 Å². The van der Waals surface area contributed by atoms with E-state index in [1.54, 1.807) is 72.8 Å². The van der Waals surface area contributed by atoms with E-state index in [2.05, 4.69) is 0 Å². The van der Waals surface area contributed by atoms with Crippen LogP contribution in [-0.2, 0) is 19.2 Å². The van der Waals surface area contributed by atoms with Crippen LogP contribution in [0.15, 0.2) is 170 Å². The van der Waals surface area contributed by atoms with Gasteiger partial charge in [0.2, 0.25) is 23.1 Å². The van der Waals surface area contributed by atoms with Gasteiger partial charge in [-0.05, 0) is 67.4 Å². The first-order chi connectivity index (χ1) is 35.5. The number of hydrogen-bond acceptors (Lipinski definition) is 8. The first-order valence-electron chi connectivity index (χ1n) is 22.0. The number of halogens is 12. The van der Waals surface area contributed by atoms with Gasteiger partial charge in [-0.2, -0.15) is 52.7 Å². The molecule has 0 amide bonds. The van der Waals surface area contributed by atoms with E-state index < -0.39 is 96.7 Å². The van der Waals surface area contributed by atoms with Gasteiger partial charge in [0.05, 0.1) is 25.7 Å². The zero-order valence-electron chi connectivity index (χ0n) is 39.2. The standard InChI is InChI=1S/4C14H9F3O2.Eu/c4*15-14(16,17)13(19)8-12(18)11-6-5-9-3-1-2-4-10(9)7-11;/h4*1-7H,8H2;. The zero-order valence-corrected chi connectivity index (χ0v) is 41.6. The second kappa shape index (κ2) is 26.8. The molecular formula is C56H36EuF12O8. The Kier molecular flexibility index (Phi) is 21.7. The van der Waals surface area contributed by atoms with Gasteiger partial charge >= 0.3 is 24.7 Å². The van der Waals surface area contributed by atoms with Crippen LogP contribution in [0.4, 0.5) is 52.7 Å². The van der Waals surface area contributed by atoms with Crippen molar-refractivity contribution >= 4 is 89.4 Å². The molecule has 0 atom stereocenters. The van der Waals surface area contributed by atoms with E-state index in [0.29, 0.717) is 0 Å². The molecule has 0 aromatic heterocycles. The Morgan fingerprint density at radius 2 is 0.403 bits per heavy atom.